The number of amides is 1. The molecule has 104 valence electrons. The summed E-state index contributed by atoms with van der Waals surface area (Å²) >= 11 is 0. The van der Waals surface area contributed by atoms with E-state index in [1.807, 2.05) is 26.1 Å². The van der Waals surface area contributed by atoms with Gasteiger partial charge in [-0.05, 0) is 43.7 Å². The van der Waals surface area contributed by atoms with Gasteiger partial charge in [0, 0.05) is 13.6 Å². The number of benzene rings is 1. The highest BCUT2D eigenvalue weighted by molar-refractivity contribution is 5.77. The average Bonchev–Trinajstić information content (AvgIpc) is 2.82. The minimum Gasteiger partial charge on any atom is -0.454 e. The molecule has 1 heterocycles. The third-order valence-corrected chi connectivity index (χ3v) is 3.30. The molecule has 5 nitrogen and oxygen atoms in total. The highest BCUT2D eigenvalue weighted by Crippen LogP contribution is 2.34. The Balaban J connectivity index is 1.98. The first-order valence-electron chi connectivity index (χ1n) is 6.39. The van der Waals surface area contributed by atoms with E-state index in [2.05, 4.69) is 5.32 Å². The summed E-state index contributed by atoms with van der Waals surface area (Å²) in [5.41, 5.74) is 2.35. The van der Waals surface area contributed by atoms with Crippen LogP contribution in [-0.4, -0.2) is 44.8 Å². The van der Waals surface area contributed by atoms with E-state index in [4.69, 9.17) is 9.47 Å². The van der Waals surface area contributed by atoms with E-state index in [1.54, 1.807) is 11.9 Å². The third kappa shape index (κ3) is 3.17. The summed E-state index contributed by atoms with van der Waals surface area (Å²) in [6.07, 6.45) is 0.814. The molecule has 2 rings (SSSR count). The molecule has 0 saturated heterocycles. The summed E-state index contributed by atoms with van der Waals surface area (Å²) in [6, 6.07) is 4.00. The highest BCUT2D eigenvalue weighted by Gasteiger charge is 2.16. The van der Waals surface area contributed by atoms with Crippen LogP contribution in [0.2, 0.25) is 0 Å². The largest absolute Gasteiger partial charge is 0.454 e. The van der Waals surface area contributed by atoms with Crippen molar-refractivity contribution in [1.29, 1.82) is 0 Å². The van der Waals surface area contributed by atoms with Crippen LogP contribution >= 0.6 is 0 Å². The highest BCUT2D eigenvalue weighted by atomic mass is 16.7. The Labute approximate surface area is 113 Å². The Morgan fingerprint density at radius 1 is 1.37 bits per heavy atom. The van der Waals surface area contributed by atoms with Gasteiger partial charge in [-0.25, -0.2) is 0 Å². The van der Waals surface area contributed by atoms with Crippen molar-refractivity contribution >= 4 is 5.91 Å². The second-order valence-corrected chi connectivity index (χ2v) is 4.73. The van der Waals surface area contributed by atoms with Crippen LogP contribution in [0.3, 0.4) is 0 Å². The van der Waals surface area contributed by atoms with Gasteiger partial charge < -0.3 is 19.7 Å². The lowest BCUT2D eigenvalue weighted by atomic mass is 10.0. The van der Waals surface area contributed by atoms with Gasteiger partial charge in [0.2, 0.25) is 12.7 Å². The lowest BCUT2D eigenvalue weighted by Crippen LogP contribution is -2.35. The molecule has 1 amide bonds. The standard InChI is InChI=1S/C14H20N2O3/c1-10-6-12-13(19-9-18-12)7-11(10)4-5-16(3)14(17)8-15-2/h6-7,15H,4-5,8-9H2,1-3H3. The Kier molecular flexibility index (Phi) is 4.27. The molecule has 0 unspecified atom stereocenters. The van der Waals surface area contributed by atoms with Gasteiger partial charge in [0.15, 0.2) is 11.5 Å². The Morgan fingerprint density at radius 3 is 2.74 bits per heavy atom. The number of carbonyl (C=O) groups excluding carboxylic acids is 1. The topological polar surface area (TPSA) is 50.8 Å². The molecule has 0 spiro atoms. The van der Waals surface area contributed by atoms with Crippen LogP contribution in [-0.2, 0) is 11.2 Å². The lowest BCUT2D eigenvalue weighted by molar-refractivity contribution is -0.128. The van der Waals surface area contributed by atoms with Gasteiger partial charge >= 0.3 is 0 Å². The van der Waals surface area contributed by atoms with Gasteiger partial charge in [-0.1, -0.05) is 0 Å². The molecule has 1 aromatic carbocycles. The van der Waals surface area contributed by atoms with Crippen molar-refractivity contribution in [3.63, 3.8) is 0 Å². The van der Waals surface area contributed by atoms with E-state index in [1.165, 1.54) is 11.1 Å². The van der Waals surface area contributed by atoms with Crippen LogP contribution in [0, 0.1) is 6.92 Å². The molecule has 19 heavy (non-hydrogen) atoms. The second kappa shape index (κ2) is 5.93. The predicted molar refractivity (Wildman–Crippen MR) is 72.6 cm³/mol. The van der Waals surface area contributed by atoms with Crippen LogP contribution in [0.25, 0.3) is 0 Å². The van der Waals surface area contributed by atoms with E-state index >= 15 is 0 Å². The summed E-state index contributed by atoms with van der Waals surface area (Å²) < 4.78 is 10.7. The van der Waals surface area contributed by atoms with Crippen molar-refractivity contribution in [2.75, 3.05) is 34.0 Å². The van der Waals surface area contributed by atoms with E-state index in [0.29, 0.717) is 19.9 Å². The fourth-order valence-electron chi connectivity index (χ4n) is 2.05. The average molecular weight is 264 g/mol. The van der Waals surface area contributed by atoms with Crippen molar-refractivity contribution in [3.8, 4) is 11.5 Å². The summed E-state index contributed by atoms with van der Waals surface area (Å²) in [4.78, 5) is 13.4. The number of likely N-dealkylation sites (N-methyl/N-ethyl adjacent to an activating group) is 2. The SMILES string of the molecule is CNCC(=O)N(C)CCc1cc2c(cc1C)OCO2. The fourth-order valence-corrected chi connectivity index (χ4v) is 2.05. The number of hydrogen-bond acceptors (Lipinski definition) is 4. The lowest BCUT2D eigenvalue weighted by Gasteiger charge is -2.17. The van der Waals surface area contributed by atoms with Crippen LogP contribution in [0.15, 0.2) is 12.1 Å². The quantitative estimate of drug-likeness (QED) is 0.860. The van der Waals surface area contributed by atoms with Crippen LogP contribution in [0.4, 0.5) is 0 Å². The second-order valence-electron chi connectivity index (χ2n) is 4.73. The molecule has 1 aromatic rings. The van der Waals surface area contributed by atoms with Crippen molar-refractivity contribution in [2.45, 2.75) is 13.3 Å². The van der Waals surface area contributed by atoms with Gasteiger partial charge in [0.25, 0.3) is 0 Å². The number of ether oxygens (including phenoxy) is 2. The predicted octanol–water partition coefficient (Wildman–Crippen LogP) is 0.944. The van der Waals surface area contributed by atoms with Gasteiger partial charge in [-0.3, -0.25) is 4.79 Å². The Hall–Kier alpha value is -1.75. The van der Waals surface area contributed by atoms with Crippen LogP contribution in [0.5, 0.6) is 11.5 Å². The minimum atomic E-state index is 0.0981. The van der Waals surface area contributed by atoms with Gasteiger partial charge in [0.1, 0.15) is 0 Å². The number of aryl methyl sites for hydroxylation is 1. The maximum atomic E-state index is 11.7. The smallest absolute Gasteiger partial charge is 0.236 e. The molecule has 0 atom stereocenters. The first-order valence-corrected chi connectivity index (χ1v) is 6.39. The minimum absolute atomic E-state index is 0.0981. The zero-order chi connectivity index (χ0) is 13.8. The van der Waals surface area contributed by atoms with Gasteiger partial charge in [-0.2, -0.15) is 0 Å². The number of nitrogens with one attached hydrogen (secondary N) is 1. The molecule has 0 aromatic heterocycles. The van der Waals surface area contributed by atoms with E-state index in [0.717, 1.165) is 17.9 Å². The molecule has 0 saturated carbocycles. The number of carbonyl (C=O) groups is 1. The van der Waals surface area contributed by atoms with Crippen LogP contribution < -0.4 is 14.8 Å². The molecule has 1 aliphatic rings. The molecule has 0 aliphatic carbocycles. The Bertz CT molecular complexity index is 474. The molecule has 0 radical (unpaired) electrons. The van der Waals surface area contributed by atoms with E-state index < -0.39 is 0 Å². The summed E-state index contributed by atoms with van der Waals surface area (Å²) in [6.45, 7) is 3.41. The molecule has 0 bridgehead atoms. The van der Waals surface area contributed by atoms with Crippen molar-refractivity contribution in [1.82, 2.24) is 10.2 Å². The first-order chi connectivity index (χ1) is 9.11. The zero-order valence-electron chi connectivity index (χ0n) is 11.7. The number of fused-ring (bicyclic) bond motifs is 1. The maximum absolute atomic E-state index is 11.7. The maximum Gasteiger partial charge on any atom is 0.236 e. The number of nitrogens with zero attached hydrogens (tertiary/aromatic N) is 1. The van der Waals surface area contributed by atoms with E-state index in [9.17, 15) is 4.79 Å². The van der Waals surface area contributed by atoms with Crippen molar-refractivity contribution in [3.05, 3.63) is 23.3 Å². The summed E-state index contributed by atoms with van der Waals surface area (Å²) in [7, 11) is 3.59. The van der Waals surface area contributed by atoms with Gasteiger partial charge in [-0.15, -0.1) is 0 Å². The van der Waals surface area contributed by atoms with Crippen LogP contribution in [0.1, 0.15) is 11.1 Å². The molecule has 5 heteroatoms. The summed E-state index contributed by atoms with van der Waals surface area (Å²) in [5.74, 6) is 1.70. The summed E-state index contributed by atoms with van der Waals surface area (Å²) in [5, 5.41) is 2.86. The zero-order valence-corrected chi connectivity index (χ0v) is 11.7. The molecule has 1 aliphatic heterocycles. The monoisotopic (exact) mass is 264 g/mol. The van der Waals surface area contributed by atoms with Gasteiger partial charge in [0.05, 0.1) is 6.54 Å². The molecule has 0 fully saturated rings. The normalized spacial score (nSPS) is 12.6. The fraction of sp³-hybridized carbons (Fsp3) is 0.500. The third-order valence-electron chi connectivity index (χ3n) is 3.30. The molecular weight excluding hydrogens is 244 g/mol. The first kappa shape index (κ1) is 13.7. The molecule has 1 N–H and O–H groups in total. The number of rotatable bonds is 5. The Morgan fingerprint density at radius 2 is 2.05 bits per heavy atom. The molecular formula is C14H20N2O3. The van der Waals surface area contributed by atoms with Crippen molar-refractivity contribution in [2.24, 2.45) is 0 Å². The van der Waals surface area contributed by atoms with E-state index in [-0.39, 0.29) is 5.91 Å². The van der Waals surface area contributed by atoms with Crippen molar-refractivity contribution < 1.29 is 14.3 Å². The number of hydrogen-bond donors (Lipinski definition) is 1.